The summed E-state index contributed by atoms with van der Waals surface area (Å²) in [7, 11) is 1.95. The minimum Gasteiger partial charge on any atom is -0.406 e. The van der Waals surface area contributed by atoms with Crippen LogP contribution in [0.2, 0.25) is 0 Å². The maximum absolute atomic E-state index is 12.5. The maximum Gasteiger partial charge on any atom is 0.413 e. The van der Waals surface area contributed by atoms with Crippen molar-refractivity contribution in [3.63, 3.8) is 0 Å². The molecule has 0 unspecified atom stereocenters. The van der Waals surface area contributed by atoms with E-state index in [4.69, 9.17) is 20.1 Å². The summed E-state index contributed by atoms with van der Waals surface area (Å²) < 4.78 is 7.39. The summed E-state index contributed by atoms with van der Waals surface area (Å²) in [6.45, 7) is 6.86. The number of carbonyl (C=O) groups is 2. The Morgan fingerprint density at radius 1 is 1.37 bits per heavy atom. The molecule has 0 saturated carbocycles. The van der Waals surface area contributed by atoms with Crippen LogP contribution in [-0.2, 0) is 24.7 Å². The number of likely N-dealkylation sites (tertiary alicyclic amines) is 1. The quantitative estimate of drug-likeness (QED) is 0.588. The lowest BCUT2D eigenvalue weighted by atomic mass is 9.75. The molecule has 4 heterocycles. The van der Waals surface area contributed by atoms with Gasteiger partial charge in [-0.1, -0.05) is 13.8 Å². The molecule has 1 saturated heterocycles. The zero-order valence-corrected chi connectivity index (χ0v) is 20.3. The van der Waals surface area contributed by atoms with Crippen molar-refractivity contribution in [1.82, 2.24) is 34.9 Å². The number of hydrogen-bond acceptors (Lipinski definition) is 7. The predicted molar refractivity (Wildman–Crippen MR) is 126 cm³/mol. The van der Waals surface area contributed by atoms with E-state index < -0.39 is 12.1 Å². The Kier molecular flexibility index (Phi) is 5.46. The smallest absolute Gasteiger partial charge is 0.406 e. The highest BCUT2D eigenvalue weighted by molar-refractivity contribution is 5.88. The van der Waals surface area contributed by atoms with Crippen molar-refractivity contribution >= 4 is 23.2 Å². The number of nitriles is 1. The molecular formula is C24H28N8O3. The molecule has 1 aliphatic carbocycles. The summed E-state index contributed by atoms with van der Waals surface area (Å²) in [6.07, 6.45) is 5.40. The molecule has 1 aliphatic heterocycles. The van der Waals surface area contributed by atoms with Gasteiger partial charge in [0.2, 0.25) is 5.91 Å². The van der Waals surface area contributed by atoms with Gasteiger partial charge in [-0.25, -0.2) is 14.8 Å². The number of fused-ring (bicyclic) bond motifs is 2. The van der Waals surface area contributed by atoms with E-state index in [0.717, 1.165) is 25.0 Å². The van der Waals surface area contributed by atoms with Crippen molar-refractivity contribution in [2.24, 2.45) is 18.4 Å². The number of carbonyl (C=O) groups excluding carboxylic acids is 2. The molecule has 11 nitrogen and oxygen atoms in total. The van der Waals surface area contributed by atoms with Crippen LogP contribution >= 0.6 is 0 Å². The third-order valence-electron chi connectivity index (χ3n) is 6.84. The number of hydrogen-bond donors (Lipinski definition) is 2. The van der Waals surface area contributed by atoms with Gasteiger partial charge in [0.25, 0.3) is 0 Å². The van der Waals surface area contributed by atoms with Crippen LogP contribution < -0.4 is 10.1 Å². The molecule has 0 bridgehead atoms. The lowest BCUT2D eigenvalue weighted by molar-refractivity contribution is -0.137. The van der Waals surface area contributed by atoms with Gasteiger partial charge in [-0.05, 0) is 31.6 Å². The van der Waals surface area contributed by atoms with Gasteiger partial charge in [0, 0.05) is 37.6 Å². The highest BCUT2D eigenvalue weighted by atomic mass is 16.6. The molecule has 0 radical (unpaired) electrons. The number of aromatic amines is 1. The Labute approximate surface area is 202 Å². The number of nitrogens with one attached hydrogen (secondary N) is 2. The predicted octanol–water partition coefficient (Wildman–Crippen LogP) is 2.33. The molecule has 0 aromatic carbocycles. The van der Waals surface area contributed by atoms with Crippen molar-refractivity contribution in [2.45, 2.75) is 46.1 Å². The molecule has 2 amide bonds. The van der Waals surface area contributed by atoms with E-state index in [9.17, 15) is 9.59 Å². The molecule has 0 spiro atoms. The van der Waals surface area contributed by atoms with E-state index >= 15 is 0 Å². The minimum absolute atomic E-state index is 0.145. The van der Waals surface area contributed by atoms with E-state index in [1.165, 1.54) is 22.4 Å². The van der Waals surface area contributed by atoms with Crippen LogP contribution in [0, 0.1) is 22.7 Å². The van der Waals surface area contributed by atoms with Gasteiger partial charge in [-0.2, -0.15) is 10.4 Å². The van der Waals surface area contributed by atoms with E-state index in [1.807, 2.05) is 11.7 Å². The second kappa shape index (κ2) is 8.37. The third-order valence-corrected chi connectivity index (χ3v) is 6.84. The fourth-order valence-electron chi connectivity index (χ4n) is 4.77. The van der Waals surface area contributed by atoms with Crippen molar-refractivity contribution in [3.8, 4) is 23.2 Å². The molecule has 1 atom stereocenters. The van der Waals surface area contributed by atoms with Gasteiger partial charge in [0.15, 0.2) is 16.9 Å². The second-order valence-electron chi connectivity index (χ2n) is 10.2. The highest BCUT2D eigenvalue weighted by Crippen LogP contribution is 2.39. The first kappa shape index (κ1) is 22.8. The Morgan fingerprint density at radius 2 is 2.14 bits per heavy atom. The third kappa shape index (κ3) is 4.20. The molecule has 1 fully saturated rings. The van der Waals surface area contributed by atoms with E-state index in [1.54, 1.807) is 13.1 Å². The van der Waals surface area contributed by atoms with Crippen LogP contribution in [0.4, 0.5) is 4.79 Å². The number of ether oxygens (including phenoxy) is 1. The van der Waals surface area contributed by atoms with E-state index in [-0.39, 0.29) is 23.0 Å². The first-order chi connectivity index (χ1) is 16.6. The monoisotopic (exact) mass is 476 g/mol. The van der Waals surface area contributed by atoms with Crippen molar-refractivity contribution in [2.75, 3.05) is 13.1 Å². The van der Waals surface area contributed by atoms with Crippen molar-refractivity contribution < 1.29 is 14.3 Å². The van der Waals surface area contributed by atoms with Crippen molar-refractivity contribution in [3.05, 3.63) is 23.7 Å². The summed E-state index contributed by atoms with van der Waals surface area (Å²) in [5, 5.41) is 16.2. The van der Waals surface area contributed by atoms with E-state index in [2.05, 4.69) is 35.2 Å². The van der Waals surface area contributed by atoms with Crippen LogP contribution in [0.5, 0.6) is 5.75 Å². The van der Waals surface area contributed by atoms with E-state index in [0.29, 0.717) is 29.9 Å². The van der Waals surface area contributed by atoms with Gasteiger partial charge in [-0.3, -0.25) is 9.48 Å². The Morgan fingerprint density at radius 3 is 2.89 bits per heavy atom. The molecule has 2 aliphatic rings. The summed E-state index contributed by atoms with van der Waals surface area (Å²) in [5.41, 5.74) is 4.89. The summed E-state index contributed by atoms with van der Waals surface area (Å²) in [5.74, 6) is -0.185. The fourth-order valence-corrected chi connectivity index (χ4v) is 4.77. The average Bonchev–Trinajstić information content (AvgIpc) is 3.32. The number of aryl methyl sites for hydroxylation is 1. The normalized spacial score (nSPS) is 17.9. The number of rotatable bonds is 4. The molecule has 5 rings (SSSR count). The Balaban J connectivity index is 1.34. The van der Waals surface area contributed by atoms with Gasteiger partial charge < -0.3 is 19.9 Å². The van der Waals surface area contributed by atoms with Gasteiger partial charge in [0.1, 0.15) is 17.4 Å². The number of nitrogens with zero attached hydrogens (tertiary/aromatic N) is 6. The Bertz CT molecular complexity index is 1360. The molecular weight excluding hydrogens is 448 g/mol. The maximum atomic E-state index is 12.5. The standard InChI is InChI=1S/C24H28N8O3/c1-13(22(33)32-11-14(8-25)12-32)28-23(34)35-18-10-27-21-20(18)29-16(9-26-21)19-15-7-24(2,3)6-5-17(15)31(4)30-19/h9-10,13-14H,5-7,11-12H2,1-4H3,(H,26,27)(H,28,34)/t13-/m1/s1. The topological polar surface area (TPSA) is 142 Å². The summed E-state index contributed by atoms with van der Waals surface area (Å²) in [4.78, 5) is 38.6. The average molecular weight is 477 g/mol. The number of aromatic nitrogens is 5. The first-order valence-corrected chi connectivity index (χ1v) is 11.7. The SMILES string of the molecule is C[C@@H](NC(=O)Oc1c[nH]c2ncc(-c3nn(C)c4c3CC(C)(C)CC4)nc12)C(=O)N1CC(C#N)C1. The molecule has 11 heteroatoms. The first-order valence-electron chi connectivity index (χ1n) is 11.7. The molecule has 182 valence electrons. The molecule has 2 N–H and O–H groups in total. The van der Waals surface area contributed by atoms with Gasteiger partial charge >= 0.3 is 6.09 Å². The van der Waals surface area contributed by atoms with Gasteiger partial charge in [0.05, 0.1) is 18.2 Å². The fraction of sp³-hybridized carbons (Fsp3) is 0.500. The number of H-pyrrole nitrogens is 1. The molecule has 35 heavy (non-hydrogen) atoms. The lowest BCUT2D eigenvalue weighted by Crippen LogP contribution is -2.56. The van der Waals surface area contributed by atoms with Crippen LogP contribution in [-0.4, -0.2) is 60.8 Å². The second-order valence-corrected chi connectivity index (χ2v) is 10.2. The largest absolute Gasteiger partial charge is 0.413 e. The zero-order valence-electron chi connectivity index (χ0n) is 20.3. The summed E-state index contributed by atoms with van der Waals surface area (Å²) >= 11 is 0. The Hall–Kier alpha value is -3.94. The lowest BCUT2D eigenvalue weighted by Gasteiger charge is -2.36. The zero-order chi connectivity index (χ0) is 24.9. The number of amides is 2. The van der Waals surface area contributed by atoms with Crippen molar-refractivity contribution in [1.29, 1.82) is 5.26 Å². The van der Waals surface area contributed by atoms with Crippen LogP contribution in [0.15, 0.2) is 12.4 Å². The summed E-state index contributed by atoms with van der Waals surface area (Å²) in [6, 6.07) is 1.34. The molecule has 3 aromatic rings. The minimum atomic E-state index is -0.780. The molecule has 3 aromatic heterocycles. The van der Waals surface area contributed by atoms with Crippen LogP contribution in [0.25, 0.3) is 22.6 Å². The highest BCUT2D eigenvalue weighted by Gasteiger charge is 2.34. The van der Waals surface area contributed by atoms with Gasteiger partial charge in [-0.15, -0.1) is 0 Å². The van der Waals surface area contributed by atoms with Crippen LogP contribution in [0.3, 0.4) is 0 Å². The van der Waals surface area contributed by atoms with Crippen LogP contribution in [0.1, 0.15) is 38.4 Å².